The lowest BCUT2D eigenvalue weighted by molar-refractivity contribution is -0.386. The lowest BCUT2D eigenvalue weighted by Crippen LogP contribution is -2.64. The van der Waals surface area contributed by atoms with Crippen molar-refractivity contribution in [1.29, 1.82) is 0 Å². The van der Waals surface area contributed by atoms with E-state index in [2.05, 4.69) is 0 Å². The number of fused-ring (bicyclic) bond motifs is 5. The Morgan fingerprint density at radius 2 is 1.08 bits per heavy atom. The summed E-state index contributed by atoms with van der Waals surface area (Å²) < 4.78 is 148. The molecule has 0 atom stereocenters. The normalized spacial score (nSPS) is 17.2. The van der Waals surface area contributed by atoms with E-state index < -0.39 is 53.0 Å². The van der Waals surface area contributed by atoms with E-state index in [9.17, 15) is 8.78 Å². The highest BCUT2D eigenvalue weighted by Gasteiger charge is 2.86. The molecule has 7 aromatic rings. The minimum Gasteiger partial charge on any atom is -0.458 e. The van der Waals surface area contributed by atoms with Crippen molar-refractivity contribution in [2.24, 2.45) is 0 Å². The van der Waals surface area contributed by atoms with Crippen molar-refractivity contribution in [3.05, 3.63) is 175 Å². The standard InChI is InChI=1S/C46H26BF9N2O/c48-35-22-21-32-40(44(51,52)46(55,56)45(53,54)43(32,49)50)42(35)58-36-23-20-28(27-12-4-1-5-13-27)24-34(36)47-33-18-10-11-19-38(33)59-39-26-31(25-37(58)41(39)47)57(29-14-6-2-7-15-29)30-16-8-3-9-17-30/h1-26H. The van der Waals surface area contributed by atoms with Crippen LogP contribution in [0.1, 0.15) is 11.1 Å². The fourth-order valence-corrected chi connectivity index (χ4v) is 8.55. The highest BCUT2D eigenvalue weighted by Crippen LogP contribution is 2.67. The molecule has 292 valence electrons. The summed E-state index contributed by atoms with van der Waals surface area (Å²) in [5.74, 6) is -26.0. The number of benzene rings is 7. The van der Waals surface area contributed by atoms with E-state index in [4.69, 9.17) is 4.74 Å². The number of nitrogens with zero attached hydrogens (tertiary/aromatic N) is 2. The molecule has 59 heavy (non-hydrogen) atoms. The van der Waals surface area contributed by atoms with Crippen molar-refractivity contribution in [3.8, 4) is 22.6 Å². The quantitative estimate of drug-likeness (QED) is 0.127. The zero-order valence-corrected chi connectivity index (χ0v) is 30.3. The number of ether oxygens (including phenoxy) is 1. The topological polar surface area (TPSA) is 15.7 Å². The van der Waals surface area contributed by atoms with Gasteiger partial charge in [0.05, 0.1) is 16.9 Å². The monoisotopic (exact) mass is 804 g/mol. The third-order valence-corrected chi connectivity index (χ3v) is 11.2. The van der Waals surface area contributed by atoms with Gasteiger partial charge < -0.3 is 14.5 Å². The first kappa shape index (κ1) is 36.7. The average Bonchev–Trinajstić information content (AvgIpc) is 3.24. The molecule has 10 rings (SSSR count). The molecule has 0 amide bonds. The third kappa shape index (κ3) is 5.06. The van der Waals surface area contributed by atoms with E-state index in [1.54, 1.807) is 120 Å². The van der Waals surface area contributed by atoms with Gasteiger partial charge in [0.1, 0.15) is 17.3 Å². The smallest absolute Gasteiger partial charge is 0.383 e. The van der Waals surface area contributed by atoms with Gasteiger partial charge in [0.15, 0.2) is 0 Å². The molecule has 0 fully saturated rings. The van der Waals surface area contributed by atoms with Crippen molar-refractivity contribution in [3.63, 3.8) is 0 Å². The van der Waals surface area contributed by atoms with Crippen LogP contribution in [0.25, 0.3) is 11.1 Å². The van der Waals surface area contributed by atoms with Crippen LogP contribution in [0.4, 0.5) is 73.6 Å². The molecule has 0 unspecified atom stereocenters. The van der Waals surface area contributed by atoms with Crippen LogP contribution in [0, 0.1) is 5.82 Å². The number of rotatable bonds is 5. The fourth-order valence-electron chi connectivity index (χ4n) is 8.55. The van der Waals surface area contributed by atoms with Crippen molar-refractivity contribution in [2.45, 2.75) is 23.7 Å². The Morgan fingerprint density at radius 1 is 0.492 bits per heavy atom. The Morgan fingerprint density at radius 3 is 1.75 bits per heavy atom. The van der Waals surface area contributed by atoms with Crippen molar-refractivity contribution >= 4 is 57.2 Å². The molecule has 0 bridgehead atoms. The van der Waals surface area contributed by atoms with E-state index in [1.165, 1.54) is 12.1 Å². The predicted molar refractivity (Wildman–Crippen MR) is 210 cm³/mol. The van der Waals surface area contributed by atoms with Gasteiger partial charge in [-0.2, -0.15) is 35.1 Å². The summed E-state index contributed by atoms with van der Waals surface area (Å²) in [5.41, 5.74) is -1.79. The van der Waals surface area contributed by atoms with Crippen LogP contribution < -0.4 is 30.9 Å². The molecule has 2 heterocycles. The van der Waals surface area contributed by atoms with E-state index in [-0.39, 0.29) is 28.7 Å². The summed E-state index contributed by atoms with van der Waals surface area (Å²) in [7, 11) is 0. The maximum absolute atomic E-state index is 16.8. The van der Waals surface area contributed by atoms with Gasteiger partial charge in [0, 0.05) is 34.4 Å². The van der Waals surface area contributed by atoms with E-state index in [1.807, 2.05) is 18.2 Å². The van der Waals surface area contributed by atoms with Gasteiger partial charge in [0.25, 0.3) is 6.71 Å². The maximum atomic E-state index is 16.8. The van der Waals surface area contributed by atoms with Crippen molar-refractivity contribution in [2.75, 3.05) is 9.80 Å². The second-order valence-electron chi connectivity index (χ2n) is 14.5. The van der Waals surface area contributed by atoms with E-state index in [0.717, 1.165) is 10.5 Å². The maximum Gasteiger partial charge on any atom is 0.383 e. The fraction of sp³-hybridized carbons (Fsp3) is 0.0870. The second-order valence-corrected chi connectivity index (χ2v) is 14.5. The molecule has 0 saturated carbocycles. The minimum atomic E-state index is -6.64. The first-order valence-corrected chi connectivity index (χ1v) is 18.4. The predicted octanol–water partition coefficient (Wildman–Crippen LogP) is 11.8. The largest absolute Gasteiger partial charge is 0.458 e. The van der Waals surface area contributed by atoms with E-state index >= 15 is 30.7 Å². The highest BCUT2D eigenvalue weighted by molar-refractivity contribution is 6.99. The summed E-state index contributed by atoms with van der Waals surface area (Å²) in [6.07, 6.45) is 0. The summed E-state index contributed by atoms with van der Waals surface area (Å²) in [5, 5.41) is 0. The van der Waals surface area contributed by atoms with Gasteiger partial charge in [-0.1, -0.05) is 97.1 Å². The van der Waals surface area contributed by atoms with Crippen LogP contribution in [-0.4, -0.2) is 18.6 Å². The molecular formula is C46H26BF9N2O. The van der Waals surface area contributed by atoms with Crippen LogP contribution >= 0.6 is 0 Å². The molecule has 0 spiro atoms. The Kier molecular flexibility index (Phi) is 7.89. The molecule has 2 aliphatic heterocycles. The van der Waals surface area contributed by atoms with Crippen LogP contribution in [0.15, 0.2) is 158 Å². The van der Waals surface area contributed by atoms with Gasteiger partial charge in [-0.15, -0.1) is 0 Å². The molecule has 1 aliphatic carbocycles. The Bertz CT molecular complexity index is 2770. The molecule has 0 N–H and O–H groups in total. The summed E-state index contributed by atoms with van der Waals surface area (Å²) in [6, 6.07) is 42.4. The summed E-state index contributed by atoms with van der Waals surface area (Å²) >= 11 is 0. The molecule has 3 nitrogen and oxygen atoms in total. The van der Waals surface area contributed by atoms with Crippen LogP contribution in [0.5, 0.6) is 11.5 Å². The molecule has 3 aliphatic rings. The van der Waals surface area contributed by atoms with Gasteiger partial charge in [-0.25, -0.2) is 4.39 Å². The third-order valence-electron chi connectivity index (χ3n) is 11.2. The second kappa shape index (κ2) is 12.7. The molecule has 0 radical (unpaired) electrons. The number of hydrogen-bond donors (Lipinski definition) is 0. The number of hydrogen-bond acceptors (Lipinski definition) is 3. The highest BCUT2D eigenvalue weighted by atomic mass is 19.4. The first-order valence-electron chi connectivity index (χ1n) is 18.4. The molecule has 0 saturated heterocycles. The number of para-hydroxylation sites is 3. The summed E-state index contributed by atoms with van der Waals surface area (Å²) in [4.78, 5) is 2.65. The average molecular weight is 805 g/mol. The number of alkyl halides is 8. The van der Waals surface area contributed by atoms with Gasteiger partial charge >= 0.3 is 23.7 Å². The van der Waals surface area contributed by atoms with Gasteiger partial charge in [-0.3, -0.25) is 0 Å². The number of halogens is 9. The first-order chi connectivity index (χ1) is 28.2. The minimum absolute atomic E-state index is 0.0230. The lowest BCUT2D eigenvalue weighted by Gasteiger charge is -2.46. The summed E-state index contributed by atoms with van der Waals surface area (Å²) in [6.45, 7) is -0.758. The van der Waals surface area contributed by atoms with Crippen LogP contribution in [-0.2, 0) is 11.8 Å². The SMILES string of the molecule is Fc1ccc2c(c1N1c3ccc(-c4ccccc4)cc3B3c4ccccc4Oc4cc(N(c5ccccc5)c5ccccc5)cc1c43)C(F)(F)C(F)(F)C(F)(F)C2(F)F. The Hall–Kier alpha value is -6.63. The van der Waals surface area contributed by atoms with Crippen LogP contribution in [0.3, 0.4) is 0 Å². The zero-order chi connectivity index (χ0) is 41.1. The Balaban J connectivity index is 1.34. The molecule has 13 heteroatoms. The zero-order valence-electron chi connectivity index (χ0n) is 30.3. The van der Waals surface area contributed by atoms with Gasteiger partial charge in [0.2, 0.25) is 0 Å². The molecule has 0 aromatic heterocycles. The van der Waals surface area contributed by atoms with Gasteiger partial charge in [-0.05, 0) is 82.1 Å². The lowest BCUT2D eigenvalue weighted by atomic mass is 9.34. The van der Waals surface area contributed by atoms with Crippen LogP contribution in [0.2, 0.25) is 0 Å². The van der Waals surface area contributed by atoms with Crippen molar-refractivity contribution < 1.29 is 44.3 Å². The Labute approximate surface area is 331 Å². The van der Waals surface area contributed by atoms with E-state index in [0.29, 0.717) is 45.4 Å². The number of anilines is 6. The molecular weight excluding hydrogens is 778 g/mol. The van der Waals surface area contributed by atoms with Crippen molar-refractivity contribution in [1.82, 2.24) is 0 Å². The molecule has 7 aromatic carbocycles.